The number of rotatable bonds is 5. The Labute approximate surface area is 215 Å². The highest BCUT2D eigenvalue weighted by Crippen LogP contribution is 2.32. The Morgan fingerprint density at radius 1 is 0.861 bits per heavy atom. The van der Waals surface area contributed by atoms with E-state index in [9.17, 15) is 4.79 Å². The number of aromatic nitrogens is 1. The van der Waals surface area contributed by atoms with Crippen LogP contribution in [0.2, 0.25) is 0 Å². The van der Waals surface area contributed by atoms with Gasteiger partial charge in [-0.1, -0.05) is 11.3 Å². The van der Waals surface area contributed by atoms with Crippen LogP contribution >= 0.6 is 11.3 Å². The van der Waals surface area contributed by atoms with Crippen LogP contribution in [-0.4, -0.2) is 87.5 Å². The van der Waals surface area contributed by atoms with Crippen molar-refractivity contribution in [2.75, 3.05) is 80.8 Å². The van der Waals surface area contributed by atoms with Crippen molar-refractivity contribution in [2.45, 2.75) is 18.9 Å². The number of anilines is 3. The van der Waals surface area contributed by atoms with Gasteiger partial charge in [-0.15, -0.1) is 0 Å². The van der Waals surface area contributed by atoms with Crippen molar-refractivity contribution >= 4 is 44.0 Å². The maximum atomic E-state index is 13.0. The van der Waals surface area contributed by atoms with E-state index in [0.717, 1.165) is 105 Å². The molecule has 9 heteroatoms. The number of carbonyl (C=O) groups is 1. The molecule has 0 unspecified atom stereocenters. The fraction of sp³-hybridized carbons (Fsp3) is 0.481. The van der Waals surface area contributed by atoms with Crippen molar-refractivity contribution in [3.8, 4) is 0 Å². The third kappa shape index (κ3) is 5.20. The second kappa shape index (κ2) is 10.7. The second-order valence-electron chi connectivity index (χ2n) is 9.65. The molecule has 0 spiro atoms. The van der Waals surface area contributed by atoms with Gasteiger partial charge >= 0.3 is 0 Å². The minimum Gasteiger partial charge on any atom is -0.379 e. The fourth-order valence-corrected chi connectivity index (χ4v) is 6.39. The first-order valence-electron chi connectivity index (χ1n) is 12.9. The zero-order valence-corrected chi connectivity index (χ0v) is 21.3. The summed E-state index contributed by atoms with van der Waals surface area (Å²) in [5.41, 5.74) is 3.56. The molecule has 36 heavy (non-hydrogen) atoms. The van der Waals surface area contributed by atoms with Crippen molar-refractivity contribution in [2.24, 2.45) is 0 Å². The van der Waals surface area contributed by atoms with E-state index in [1.54, 1.807) is 11.3 Å². The summed E-state index contributed by atoms with van der Waals surface area (Å²) in [5.74, 6) is -0.0997. The summed E-state index contributed by atoms with van der Waals surface area (Å²) in [6.45, 7) is 9.17. The fourth-order valence-electron chi connectivity index (χ4n) is 5.33. The molecule has 3 aromatic rings. The largest absolute Gasteiger partial charge is 0.379 e. The number of hydrogen-bond donors (Lipinski definition) is 1. The van der Waals surface area contributed by atoms with Gasteiger partial charge in [0.15, 0.2) is 5.13 Å². The molecule has 0 atom stereocenters. The normalized spacial score (nSPS) is 20.1. The summed E-state index contributed by atoms with van der Waals surface area (Å²) < 4.78 is 12.0. The molecule has 2 aromatic carbocycles. The first-order chi connectivity index (χ1) is 17.7. The standard InChI is InChI=1S/C27H33N5O3S/c33-26(28-21-2-4-22(5-3-21)30-11-15-34-16-12-30)20-1-6-24-25(19-20)36-27(29-24)32-9-7-23(8-10-32)31-13-17-35-18-14-31/h1-6,19,23H,7-18H2,(H,28,33). The average molecular weight is 508 g/mol. The lowest BCUT2D eigenvalue weighted by Crippen LogP contribution is -2.49. The van der Waals surface area contributed by atoms with Crippen LogP contribution in [0.1, 0.15) is 23.2 Å². The third-order valence-electron chi connectivity index (χ3n) is 7.44. The summed E-state index contributed by atoms with van der Waals surface area (Å²) in [4.78, 5) is 25.1. The molecule has 0 aliphatic carbocycles. The minimum absolute atomic E-state index is 0.0997. The van der Waals surface area contributed by atoms with Crippen molar-refractivity contribution in [3.05, 3.63) is 48.0 Å². The number of amides is 1. The molecule has 0 radical (unpaired) electrons. The van der Waals surface area contributed by atoms with Gasteiger partial charge in [-0.25, -0.2) is 4.98 Å². The number of nitrogens with zero attached hydrogens (tertiary/aromatic N) is 4. The third-order valence-corrected chi connectivity index (χ3v) is 8.52. The number of hydrogen-bond acceptors (Lipinski definition) is 8. The number of benzene rings is 2. The van der Waals surface area contributed by atoms with Crippen LogP contribution in [0.5, 0.6) is 0 Å². The highest BCUT2D eigenvalue weighted by atomic mass is 32.1. The molecule has 3 fully saturated rings. The van der Waals surface area contributed by atoms with Crippen LogP contribution in [-0.2, 0) is 9.47 Å². The monoisotopic (exact) mass is 507 g/mol. The lowest BCUT2D eigenvalue weighted by atomic mass is 10.0. The Kier molecular flexibility index (Phi) is 7.05. The zero-order valence-electron chi connectivity index (χ0n) is 20.5. The quantitative estimate of drug-likeness (QED) is 0.565. The molecule has 0 saturated carbocycles. The molecule has 3 aliphatic rings. The lowest BCUT2D eigenvalue weighted by molar-refractivity contribution is 0.0115. The summed E-state index contributed by atoms with van der Waals surface area (Å²) in [7, 11) is 0. The van der Waals surface area contributed by atoms with Gasteiger partial charge in [-0.2, -0.15) is 0 Å². The molecule has 8 nitrogen and oxygen atoms in total. The maximum Gasteiger partial charge on any atom is 0.255 e. The highest BCUT2D eigenvalue weighted by molar-refractivity contribution is 7.22. The number of nitrogens with one attached hydrogen (secondary N) is 1. The number of thiazole rings is 1. The van der Waals surface area contributed by atoms with Crippen LogP contribution in [0.15, 0.2) is 42.5 Å². The molecular formula is C27H33N5O3S. The Balaban J connectivity index is 1.08. The van der Waals surface area contributed by atoms with Crippen molar-refractivity contribution in [1.29, 1.82) is 0 Å². The molecule has 1 N–H and O–H groups in total. The predicted molar refractivity (Wildman–Crippen MR) is 145 cm³/mol. The van der Waals surface area contributed by atoms with Gasteiger partial charge in [0.1, 0.15) is 0 Å². The molecule has 0 bridgehead atoms. The van der Waals surface area contributed by atoms with E-state index >= 15 is 0 Å². The van der Waals surface area contributed by atoms with E-state index in [1.807, 2.05) is 30.3 Å². The Hall–Kier alpha value is -2.72. The Morgan fingerprint density at radius 3 is 2.28 bits per heavy atom. The van der Waals surface area contributed by atoms with E-state index in [1.165, 1.54) is 0 Å². The topological polar surface area (TPSA) is 70.2 Å². The van der Waals surface area contributed by atoms with Gasteiger partial charge in [0.05, 0.1) is 36.6 Å². The van der Waals surface area contributed by atoms with Crippen molar-refractivity contribution in [1.82, 2.24) is 9.88 Å². The number of fused-ring (bicyclic) bond motifs is 1. The Bertz CT molecular complexity index is 1180. The van der Waals surface area contributed by atoms with Crippen LogP contribution < -0.4 is 15.1 Å². The maximum absolute atomic E-state index is 13.0. The van der Waals surface area contributed by atoms with Gasteiger partial charge in [0, 0.05) is 62.2 Å². The summed E-state index contributed by atoms with van der Waals surface area (Å²) in [5, 5.41) is 4.09. The van der Waals surface area contributed by atoms with E-state index in [2.05, 4.69) is 32.1 Å². The first kappa shape index (κ1) is 23.7. The number of ether oxygens (including phenoxy) is 2. The summed E-state index contributed by atoms with van der Waals surface area (Å²) in [6, 6.07) is 14.5. The minimum atomic E-state index is -0.0997. The van der Waals surface area contributed by atoms with Gasteiger partial charge in [0.25, 0.3) is 5.91 Å². The first-order valence-corrected chi connectivity index (χ1v) is 13.8. The molecular weight excluding hydrogens is 474 g/mol. The zero-order chi connectivity index (χ0) is 24.3. The predicted octanol–water partition coefficient (Wildman–Crippen LogP) is 3.69. The molecule has 6 rings (SSSR count). The summed E-state index contributed by atoms with van der Waals surface area (Å²) in [6.07, 6.45) is 2.32. The molecule has 3 aliphatic heterocycles. The molecule has 1 amide bonds. The average Bonchev–Trinajstić information content (AvgIpc) is 3.38. The van der Waals surface area contributed by atoms with Crippen LogP contribution in [0, 0.1) is 0 Å². The van der Waals surface area contributed by atoms with E-state index < -0.39 is 0 Å². The van der Waals surface area contributed by atoms with E-state index in [-0.39, 0.29) is 5.91 Å². The smallest absolute Gasteiger partial charge is 0.255 e. The molecule has 4 heterocycles. The van der Waals surface area contributed by atoms with Crippen LogP contribution in [0.4, 0.5) is 16.5 Å². The number of morpholine rings is 2. The summed E-state index contributed by atoms with van der Waals surface area (Å²) >= 11 is 1.68. The van der Waals surface area contributed by atoms with Crippen LogP contribution in [0.3, 0.4) is 0 Å². The molecule has 1 aromatic heterocycles. The van der Waals surface area contributed by atoms with Crippen LogP contribution in [0.25, 0.3) is 10.2 Å². The molecule has 190 valence electrons. The van der Waals surface area contributed by atoms with E-state index in [0.29, 0.717) is 11.6 Å². The number of carbonyl (C=O) groups excluding carboxylic acids is 1. The SMILES string of the molecule is O=C(Nc1ccc(N2CCOCC2)cc1)c1ccc2nc(N3CCC(N4CCOCC4)CC3)sc2c1. The van der Waals surface area contributed by atoms with Crippen molar-refractivity contribution < 1.29 is 14.3 Å². The Morgan fingerprint density at radius 2 is 1.56 bits per heavy atom. The highest BCUT2D eigenvalue weighted by Gasteiger charge is 2.27. The van der Waals surface area contributed by atoms with Gasteiger partial charge in [0.2, 0.25) is 0 Å². The number of piperidine rings is 1. The lowest BCUT2D eigenvalue weighted by Gasteiger charge is -2.40. The van der Waals surface area contributed by atoms with Gasteiger partial charge < -0.3 is 24.6 Å². The van der Waals surface area contributed by atoms with Gasteiger partial charge in [-0.3, -0.25) is 9.69 Å². The second-order valence-corrected chi connectivity index (χ2v) is 10.7. The van der Waals surface area contributed by atoms with E-state index in [4.69, 9.17) is 14.5 Å². The van der Waals surface area contributed by atoms with Crippen molar-refractivity contribution in [3.63, 3.8) is 0 Å². The molecule has 3 saturated heterocycles. The van der Waals surface area contributed by atoms with Gasteiger partial charge in [-0.05, 0) is 55.3 Å².